The summed E-state index contributed by atoms with van der Waals surface area (Å²) in [6.07, 6.45) is 1.03. The van der Waals surface area contributed by atoms with Gasteiger partial charge in [0, 0.05) is 21.7 Å². The van der Waals surface area contributed by atoms with Gasteiger partial charge in [0.05, 0.1) is 6.04 Å². The predicted molar refractivity (Wildman–Crippen MR) is 121 cm³/mol. The summed E-state index contributed by atoms with van der Waals surface area (Å²) in [5.74, 6) is 0.827. The molecule has 1 atom stereocenters. The van der Waals surface area contributed by atoms with Gasteiger partial charge in [0.15, 0.2) is 0 Å². The molecule has 0 aliphatic carbocycles. The second kappa shape index (κ2) is 7.81. The fourth-order valence-electron chi connectivity index (χ4n) is 4.09. The van der Waals surface area contributed by atoms with E-state index in [1.807, 2.05) is 24.3 Å². The smallest absolute Gasteiger partial charge is 0.128 e. The van der Waals surface area contributed by atoms with Gasteiger partial charge in [-0.25, -0.2) is 0 Å². The van der Waals surface area contributed by atoms with Crippen molar-refractivity contribution in [3.8, 4) is 5.75 Å². The third-order valence-corrected chi connectivity index (χ3v) is 6.08. The molecule has 0 bridgehead atoms. The zero-order valence-corrected chi connectivity index (χ0v) is 18.4. The highest BCUT2D eigenvalue weighted by Gasteiger charge is 2.41. The van der Waals surface area contributed by atoms with Crippen molar-refractivity contribution in [3.63, 3.8) is 0 Å². The van der Waals surface area contributed by atoms with Gasteiger partial charge in [0.2, 0.25) is 0 Å². The number of ether oxygens (including phenoxy) is 1. The maximum absolute atomic E-state index is 6.52. The lowest BCUT2D eigenvalue weighted by molar-refractivity contribution is 0.0734. The Balaban J connectivity index is 1.75. The minimum absolute atomic E-state index is 0.0919. The minimum atomic E-state index is -0.447. The number of hydrogen-bond acceptors (Lipinski definition) is 2. The van der Waals surface area contributed by atoms with Crippen LogP contribution in [0.5, 0.6) is 5.75 Å². The van der Waals surface area contributed by atoms with Crippen LogP contribution < -0.4 is 9.64 Å². The predicted octanol–water partition coefficient (Wildman–Crippen LogP) is 7.06. The van der Waals surface area contributed by atoms with Crippen LogP contribution in [0.4, 0.5) is 5.69 Å². The molecule has 0 radical (unpaired) electrons. The molecule has 1 aliphatic heterocycles. The summed E-state index contributed by atoms with van der Waals surface area (Å²) >= 11 is 9.59. The lowest BCUT2D eigenvalue weighted by atomic mass is 9.83. The van der Waals surface area contributed by atoms with Gasteiger partial charge >= 0.3 is 0 Å². The summed E-state index contributed by atoms with van der Waals surface area (Å²) in [4.78, 5) is 2.46. The molecule has 0 saturated carbocycles. The van der Waals surface area contributed by atoms with E-state index in [1.165, 1.54) is 16.8 Å². The summed E-state index contributed by atoms with van der Waals surface area (Å²) in [5, 5.41) is 0.713. The van der Waals surface area contributed by atoms with Crippen LogP contribution in [0.2, 0.25) is 5.02 Å². The van der Waals surface area contributed by atoms with Crippen molar-refractivity contribution in [2.24, 2.45) is 0 Å². The Labute approximate surface area is 180 Å². The highest BCUT2D eigenvalue weighted by atomic mass is 79.9. The van der Waals surface area contributed by atoms with E-state index < -0.39 is 5.60 Å². The van der Waals surface area contributed by atoms with Gasteiger partial charge in [-0.3, -0.25) is 0 Å². The topological polar surface area (TPSA) is 12.5 Å². The van der Waals surface area contributed by atoms with Gasteiger partial charge in [-0.1, -0.05) is 51.8 Å². The number of halogens is 2. The van der Waals surface area contributed by atoms with Gasteiger partial charge < -0.3 is 9.64 Å². The van der Waals surface area contributed by atoms with Crippen LogP contribution >= 0.6 is 27.5 Å². The van der Waals surface area contributed by atoms with Crippen molar-refractivity contribution in [2.45, 2.75) is 31.9 Å². The highest BCUT2D eigenvalue weighted by molar-refractivity contribution is 9.10. The van der Waals surface area contributed by atoms with Crippen LogP contribution in [-0.4, -0.2) is 12.1 Å². The molecular weight excluding hydrogens is 434 g/mol. The molecule has 0 fully saturated rings. The van der Waals surface area contributed by atoms with Crippen molar-refractivity contribution in [1.29, 1.82) is 0 Å². The van der Waals surface area contributed by atoms with Gasteiger partial charge in [0.25, 0.3) is 0 Å². The summed E-state index contributed by atoms with van der Waals surface area (Å²) in [6, 6.07) is 24.9. The van der Waals surface area contributed by atoms with Crippen molar-refractivity contribution < 1.29 is 4.74 Å². The van der Waals surface area contributed by atoms with E-state index in [9.17, 15) is 0 Å². The number of fused-ring (bicyclic) bond motifs is 1. The van der Waals surface area contributed by atoms with Crippen LogP contribution in [0.25, 0.3) is 0 Å². The standard InChI is InChI=1S/C24H23BrClNO/c1-24(2,28-21-13-9-19(26)10-14-21)23-22-6-4-3-5-17(22)15-16-27(23)20-11-7-18(25)8-12-20/h3-14,23H,15-16H2,1-2H3. The average Bonchev–Trinajstić information content (AvgIpc) is 2.69. The van der Waals surface area contributed by atoms with E-state index in [-0.39, 0.29) is 6.04 Å². The molecule has 0 aromatic heterocycles. The Morgan fingerprint density at radius 1 is 0.964 bits per heavy atom. The van der Waals surface area contributed by atoms with Crippen molar-refractivity contribution in [2.75, 3.05) is 11.4 Å². The largest absolute Gasteiger partial charge is 0.485 e. The van der Waals surface area contributed by atoms with E-state index in [1.54, 1.807) is 0 Å². The maximum Gasteiger partial charge on any atom is 0.128 e. The molecule has 1 unspecified atom stereocenters. The molecule has 3 aromatic carbocycles. The van der Waals surface area contributed by atoms with E-state index in [0.717, 1.165) is 23.2 Å². The number of benzene rings is 3. The number of anilines is 1. The first kappa shape index (κ1) is 19.4. The first-order valence-corrected chi connectivity index (χ1v) is 10.7. The van der Waals surface area contributed by atoms with E-state index >= 15 is 0 Å². The van der Waals surface area contributed by atoms with Crippen LogP contribution in [0, 0.1) is 0 Å². The van der Waals surface area contributed by atoms with Gasteiger partial charge in [-0.15, -0.1) is 0 Å². The number of nitrogens with zero attached hydrogens (tertiary/aromatic N) is 1. The molecule has 144 valence electrons. The van der Waals surface area contributed by atoms with Gasteiger partial charge in [-0.2, -0.15) is 0 Å². The van der Waals surface area contributed by atoms with Crippen molar-refractivity contribution >= 4 is 33.2 Å². The monoisotopic (exact) mass is 455 g/mol. The Hall–Kier alpha value is -1.97. The van der Waals surface area contributed by atoms with E-state index in [0.29, 0.717) is 5.02 Å². The third kappa shape index (κ3) is 3.92. The lowest BCUT2D eigenvalue weighted by Gasteiger charge is -2.47. The SMILES string of the molecule is CC(C)(Oc1ccc(Cl)cc1)C1c2ccccc2CCN1c1ccc(Br)cc1. The second-order valence-corrected chi connectivity index (χ2v) is 9.03. The summed E-state index contributed by atoms with van der Waals surface area (Å²) < 4.78 is 7.60. The summed E-state index contributed by atoms with van der Waals surface area (Å²) in [6.45, 7) is 5.29. The fraction of sp³-hybridized carbons (Fsp3) is 0.250. The molecule has 4 rings (SSSR count). The molecule has 1 heterocycles. The highest BCUT2D eigenvalue weighted by Crippen LogP contribution is 2.42. The zero-order valence-electron chi connectivity index (χ0n) is 16.0. The normalized spacial score (nSPS) is 16.6. The molecular formula is C24H23BrClNO. The van der Waals surface area contributed by atoms with Crippen molar-refractivity contribution in [1.82, 2.24) is 0 Å². The minimum Gasteiger partial charge on any atom is -0.485 e. The number of rotatable bonds is 4. The molecule has 0 amide bonds. The fourth-order valence-corrected chi connectivity index (χ4v) is 4.48. The summed E-state index contributed by atoms with van der Waals surface area (Å²) in [5.41, 5.74) is 3.48. The zero-order chi connectivity index (χ0) is 19.7. The van der Waals surface area contributed by atoms with E-state index in [4.69, 9.17) is 16.3 Å². The first-order valence-electron chi connectivity index (χ1n) is 9.49. The molecule has 3 aromatic rings. The van der Waals surface area contributed by atoms with Crippen molar-refractivity contribution in [3.05, 3.63) is 93.4 Å². The average molecular weight is 457 g/mol. The number of hydrogen-bond donors (Lipinski definition) is 0. The molecule has 2 nitrogen and oxygen atoms in total. The molecule has 28 heavy (non-hydrogen) atoms. The molecule has 0 spiro atoms. The first-order chi connectivity index (χ1) is 13.4. The Morgan fingerprint density at radius 2 is 1.64 bits per heavy atom. The third-order valence-electron chi connectivity index (χ3n) is 5.29. The molecule has 0 N–H and O–H groups in total. The lowest BCUT2D eigenvalue weighted by Crippen LogP contribution is -2.49. The van der Waals surface area contributed by atoms with Crippen LogP contribution in [0.3, 0.4) is 0 Å². The van der Waals surface area contributed by atoms with Crippen LogP contribution in [-0.2, 0) is 6.42 Å². The summed E-state index contributed by atoms with van der Waals surface area (Å²) in [7, 11) is 0. The second-order valence-electron chi connectivity index (χ2n) is 7.68. The Bertz CT molecular complexity index is 953. The van der Waals surface area contributed by atoms with Gasteiger partial charge in [0.1, 0.15) is 11.4 Å². The molecule has 0 saturated heterocycles. The quantitative estimate of drug-likeness (QED) is 0.416. The van der Waals surface area contributed by atoms with Gasteiger partial charge in [-0.05, 0) is 79.9 Å². The van der Waals surface area contributed by atoms with E-state index in [2.05, 4.69) is 83.2 Å². The Kier molecular flexibility index (Phi) is 5.39. The molecule has 4 heteroatoms. The molecule has 1 aliphatic rings. The van der Waals surface area contributed by atoms with Crippen LogP contribution in [0.1, 0.15) is 31.0 Å². The maximum atomic E-state index is 6.52. The van der Waals surface area contributed by atoms with Crippen LogP contribution in [0.15, 0.2) is 77.3 Å². The Morgan fingerprint density at radius 3 is 2.36 bits per heavy atom.